The van der Waals surface area contributed by atoms with E-state index in [-0.39, 0.29) is 0 Å². The molecule has 2 rings (SSSR count). The van der Waals surface area contributed by atoms with Crippen molar-refractivity contribution in [2.45, 2.75) is 32.2 Å². The second-order valence-corrected chi connectivity index (χ2v) is 5.63. The molecule has 1 unspecified atom stereocenters. The van der Waals surface area contributed by atoms with Crippen LogP contribution in [0.2, 0.25) is 0 Å². The number of nitrogens with two attached hydrogens (primary N) is 1. The van der Waals surface area contributed by atoms with Gasteiger partial charge in [0, 0.05) is 13.1 Å². The second-order valence-electron chi connectivity index (χ2n) is 5.19. The Labute approximate surface area is 119 Å². The van der Waals surface area contributed by atoms with E-state index < -0.39 is 0 Å². The van der Waals surface area contributed by atoms with E-state index in [0.717, 1.165) is 17.8 Å². The highest BCUT2D eigenvalue weighted by Crippen LogP contribution is 2.23. The predicted octanol–water partition coefficient (Wildman–Crippen LogP) is 1.23. The number of hydrogen-bond donors (Lipinski definition) is 1. The van der Waals surface area contributed by atoms with Crippen LogP contribution >= 0.6 is 12.2 Å². The number of aryl methyl sites for hydroxylation is 2. The standard InChI is InChI=1S/C13H22N4OS/c1-9-11(12(14)19)13(17(3)15-9)18-8-10-6-4-5-7-16(10)2/h10H,4-8H2,1-3H3,(H2,14,19). The van der Waals surface area contributed by atoms with E-state index >= 15 is 0 Å². The van der Waals surface area contributed by atoms with Gasteiger partial charge in [-0.1, -0.05) is 18.6 Å². The highest BCUT2D eigenvalue weighted by Gasteiger charge is 2.22. The van der Waals surface area contributed by atoms with Crippen molar-refractivity contribution in [3.8, 4) is 5.88 Å². The summed E-state index contributed by atoms with van der Waals surface area (Å²) < 4.78 is 7.67. The number of aromatic nitrogens is 2. The van der Waals surface area contributed by atoms with Gasteiger partial charge in [0.25, 0.3) is 0 Å². The quantitative estimate of drug-likeness (QED) is 0.842. The van der Waals surface area contributed by atoms with Crippen LogP contribution in [0.15, 0.2) is 0 Å². The van der Waals surface area contributed by atoms with Crippen molar-refractivity contribution < 1.29 is 4.74 Å². The molecule has 1 fully saturated rings. The van der Waals surface area contributed by atoms with Gasteiger partial charge in [0.15, 0.2) is 0 Å². The van der Waals surface area contributed by atoms with Crippen molar-refractivity contribution >= 4 is 17.2 Å². The van der Waals surface area contributed by atoms with Crippen LogP contribution in [0.25, 0.3) is 0 Å². The van der Waals surface area contributed by atoms with Crippen LogP contribution in [0.1, 0.15) is 30.5 Å². The van der Waals surface area contributed by atoms with Gasteiger partial charge in [0.05, 0.1) is 11.3 Å². The van der Waals surface area contributed by atoms with E-state index in [0.29, 0.717) is 23.5 Å². The zero-order valence-corrected chi connectivity index (χ0v) is 12.7. The zero-order valence-electron chi connectivity index (χ0n) is 11.8. The summed E-state index contributed by atoms with van der Waals surface area (Å²) in [4.78, 5) is 2.70. The van der Waals surface area contributed by atoms with E-state index in [1.54, 1.807) is 4.68 Å². The third-order valence-electron chi connectivity index (χ3n) is 3.75. The van der Waals surface area contributed by atoms with Crippen molar-refractivity contribution in [1.82, 2.24) is 14.7 Å². The lowest BCUT2D eigenvalue weighted by atomic mass is 10.0. The smallest absolute Gasteiger partial charge is 0.222 e. The van der Waals surface area contributed by atoms with Gasteiger partial charge in [-0.05, 0) is 33.4 Å². The predicted molar refractivity (Wildman–Crippen MR) is 79.6 cm³/mol. The fourth-order valence-corrected chi connectivity index (χ4v) is 2.85. The molecule has 0 amide bonds. The molecule has 1 aliphatic rings. The molecule has 19 heavy (non-hydrogen) atoms. The van der Waals surface area contributed by atoms with Gasteiger partial charge in [-0.3, -0.25) is 0 Å². The lowest BCUT2D eigenvalue weighted by Gasteiger charge is -2.32. The van der Waals surface area contributed by atoms with Gasteiger partial charge < -0.3 is 15.4 Å². The molecule has 0 aliphatic carbocycles. The molecule has 0 bridgehead atoms. The molecule has 106 valence electrons. The number of rotatable bonds is 4. The fourth-order valence-electron chi connectivity index (χ4n) is 2.62. The normalized spacial score (nSPS) is 20.5. The van der Waals surface area contributed by atoms with E-state index in [1.165, 1.54) is 19.3 Å². The summed E-state index contributed by atoms with van der Waals surface area (Å²) in [6, 6.07) is 0.461. The number of likely N-dealkylation sites (N-methyl/N-ethyl adjacent to an activating group) is 1. The summed E-state index contributed by atoms with van der Waals surface area (Å²) in [6.45, 7) is 3.69. The lowest BCUT2D eigenvalue weighted by molar-refractivity contribution is 0.120. The number of thiocarbonyl (C=S) groups is 1. The SMILES string of the molecule is Cc1nn(C)c(OCC2CCCCN2C)c1C(N)=S. The van der Waals surface area contributed by atoms with Crippen molar-refractivity contribution in [2.75, 3.05) is 20.2 Å². The number of ether oxygens (including phenoxy) is 1. The van der Waals surface area contributed by atoms with Gasteiger partial charge in [-0.25, -0.2) is 4.68 Å². The maximum atomic E-state index is 5.95. The first kappa shape index (κ1) is 14.3. The number of hydrogen-bond acceptors (Lipinski definition) is 4. The Hall–Kier alpha value is -1.14. The van der Waals surface area contributed by atoms with Crippen molar-refractivity contribution in [1.29, 1.82) is 0 Å². The molecule has 0 aromatic carbocycles. The van der Waals surface area contributed by atoms with Crippen molar-refractivity contribution in [3.05, 3.63) is 11.3 Å². The van der Waals surface area contributed by atoms with Crippen LogP contribution in [0.4, 0.5) is 0 Å². The Balaban J connectivity index is 2.08. The Morgan fingerprint density at radius 2 is 2.21 bits per heavy atom. The summed E-state index contributed by atoms with van der Waals surface area (Å²) in [6.07, 6.45) is 3.72. The molecule has 5 nitrogen and oxygen atoms in total. The van der Waals surface area contributed by atoms with E-state index in [9.17, 15) is 0 Å². The van der Waals surface area contributed by atoms with Crippen LogP contribution in [0, 0.1) is 6.92 Å². The first-order valence-electron chi connectivity index (χ1n) is 6.67. The van der Waals surface area contributed by atoms with Crippen LogP contribution in [-0.2, 0) is 7.05 Å². The Morgan fingerprint density at radius 3 is 2.84 bits per heavy atom. The second kappa shape index (κ2) is 5.88. The molecule has 2 N–H and O–H groups in total. The molecule has 0 spiro atoms. The first-order valence-corrected chi connectivity index (χ1v) is 7.08. The third kappa shape index (κ3) is 3.06. The summed E-state index contributed by atoms with van der Waals surface area (Å²) in [5, 5.41) is 4.33. The third-order valence-corrected chi connectivity index (χ3v) is 3.95. The minimum absolute atomic E-state index is 0.345. The number of likely N-dealkylation sites (tertiary alicyclic amines) is 1. The highest BCUT2D eigenvalue weighted by atomic mass is 32.1. The van der Waals surface area contributed by atoms with Gasteiger partial charge in [-0.2, -0.15) is 5.10 Å². The number of nitrogens with zero attached hydrogens (tertiary/aromatic N) is 3. The Morgan fingerprint density at radius 1 is 1.47 bits per heavy atom. The fraction of sp³-hybridized carbons (Fsp3) is 0.692. The average Bonchev–Trinajstić information content (AvgIpc) is 2.63. The highest BCUT2D eigenvalue weighted by molar-refractivity contribution is 7.80. The molecule has 0 saturated carbocycles. The Kier molecular flexibility index (Phi) is 4.42. The minimum atomic E-state index is 0.345. The van der Waals surface area contributed by atoms with Crippen molar-refractivity contribution in [3.63, 3.8) is 0 Å². The van der Waals surface area contributed by atoms with Gasteiger partial charge in [-0.15, -0.1) is 0 Å². The largest absolute Gasteiger partial charge is 0.476 e. The molecule has 1 aliphatic heterocycles. The zero-order chi connectivity index (χ0) is 14.0. The molecule has 1 atom stereocenters. The van der Waals surface area contributed by atoms with Crippen LogP contribution in [0.5, 0.6) is 5.88 Å². The summed E-state index contributed by atoms with van der Waals surface area (Å²) in [5.41, 5.74) is 7.33. The molecular formula is C13H22N4OS. The lowest BCUT2D eigenvalue weighted by Crippen LogP contribution is -2.40. The van der Waals surface area contributed by atoms with E-state index in [1.807, 2.05) is 14.0 Å². The summed E-state index contributed by atoms with van der Waals surface area (Å²) >= 11 is 5.08. The molecule has 1 aromatic rings. The minimum Gasteiger partial charge on any atom is -0.476 e. The molecule has 6 heteroatoms. The number of piperidine rings is 1. The molecule has 2 heterocycles. The monoisotopic (exact) mass is 282 g/mol. The van der Waals surface area contributed by atoms with Gasteiger partial charge in [0.2, 0.25) is 5.88 Å². The van der Waals surface area contributed by atoms with Gasteiger partial charge in [0.1, 0.15) is 11.6 Å². The Bertz CT molecular complexity index is 471. The topological polar surface area (TPSA) is 56.3 Å². The van der Waals surface area contributed by atoms with Crippen LogP contribution < -0.4 is 10.5 Å². The van der Waals surface area contributed by atoms with E-state index in [4.69, 9.17) is 22.7 Å². The molecular weight excluding hydrogens is 260 g/mol. The summed E-state index contributed by atoms with van der Waals surface area (Å²) in [7, 11) is 4.00. The van der Waals surface area contributed by atoms with Crippen LogP contribution in [0.3, 0.4) is 0 Å². The van der Waals surface area contributed by atoms with Crippen LogP contribution in [-0.4, -0.2) is 45.9 Å². The van der Waals surface area contributed by atoms with Crippen molar-refractivity contribution in [2.24, 2.45) is 12.8 Å². The average molecular weight is 282 g/mol. The molecule has 0 radical (unpaired) electrons. The maximum Gasteiger partial charge on any atom is 0.222 e. The molecule has 1 aromatic heterocycles. The molecule has 1 saturated heterocycles. The summed E-state index contributed by atoms with van der Waals surface area (Å²) in [5.74, 6) is 0.684. The van der Waals surface area contributed by atoms with E-state index in [2.05, 4.69) is 17.0 Å². The first-order chi connectivity index (χ1) is 9.00. The van der Waals surface area contributed by atoms with Gasteiger partial charge >= 0.3 is 0 Å². The maximum absolute atomic E-state index is 5.95.